The van der Waals surface area contributed by atoms with Gasteiger partial charge in [-0.3, -0.25) is 20.4 Å². The topological polar surface area (TPSA) is 67.4 Å². The SMILES string of the molecule is Cc1cc(C)cc(OCC(=O)NNC(=O)c2cccc(Cl)c2Cl)c1. The Hall–Kier alpha value is -2.24. The maximum Gasteiger partial charge on any atom is 0.276 e. The number of aryl methyl sites for hydroxylation is 2. The Morgan fingerprint density at radius 3 is 2.38 bits per heavy atom. The van der Waals surface area contributed by atoms with Gasteiger partial charge < -0.3 is 4.74 Å². The molecule has 2 N–H and O–H groups in total. The summed E-state index contributed by atoms with van der Waals surface area (Å²) in [7, 11) is 0. The average molecular weight is 367 g/mol. The lowest BCUT2D eigenvalue weighted by atomic mass is 10.1. The summed E-state index contributed by atoms with van der Waals surface area (Å²) in [6.45, 7) is 3.65. The second-order valence-corrected chi connectivity index (χ2v) is 6.00. The van der Waals surface area contributed by atoms with Gasteiger partial charge in [0.25, 0.3) is 11.8 Å². The first-order valence-electron chi connectivity index (χ1n) is 7.11. The van der Waals surface area contributed by atoms with Crippen molar-refractivity contribution >= 4 is 35.0 Å². The zero-order chi connectivity index (χ0) is 17.7. The van der Waals surface area contributed by atoms with Crippen LogP contribution in [0.2, 0.25) is 10.0 Å². The number of amides is 2. The van der Waals surface area contributed by atoms with Crippen molar-refractivity contribution in [1.82, 2.24) is 10.9 Å². The van der Waals surface area contributed by atoms with Crippen molar-refractivity contribution < 1.29 is 14.3 Å². The van der Waals surface area contributed by atoms with E-state index in [1.54, 1.807) is 12.1 Å². The molecule has 0 saturated carbocycles. The molecule has 0 aliphatic carbocycles. The average Bonchev–Trinajstić information content (AvgIpc) is 2.52. The standard InChI is InChI=1S/C17H16Cl2N2O3/c1-10-6-11(2)8-12(7-10)24-9-15(22)20-21-17(23)13-4-3-5-14(18)16(13)19/h3-8H,9H2,1-2H3,(H,20,22)(H,21,23). The third kappa shape index (κ3) is 4.88. The predicted octanol–water partition coefficient (Wildman–Crippen LogP) is 3.45. The summed E-state index contributed by atoms with van der Waals surface area (Å²) in [5, 5.41) is 0.381. The van der Waals surface area contributed by atoms with E-state index >= 15 is 0 Å². The molecule has 24 heavy (non-hydrogen) atoms. The zero-order valence-electron chi connectivity index (χ0n) is 13.2. The molecule has 2 rings (SSSR count). The quantitative estimate of drug-likeness (QED) is 0.814. The second-order valence-electron chi connectivity index (χ2n) is 5.22. The third-order valence-corrected chi connectivity index (χ3v) is 3.90. The van der Waals surface area contributed by atoms with Crippen LogP contribution in [0.3, 0.4) is 0 Å². The minimum absolute atomic E-state index is 0.123. The van der Waals surface area contributed by atoms with Gasteiger partial charge in [0.2, 0.25) is 0 Å². The van der Waals surface area contributed by atoms with Crippen molar-refractivity contribution in [1.29, 1.82) is 0 Å². The van der Waals surface area contributed by atoms with Gasteiger partial charge in [-0.1, -0.05) is 35.3 Å². The van der Waals surface area contributed by atoms with Gasteiger partial charge in [-0.05, 0) is 49.2 Å². The monoisotopic (exact) mass is 366 g/mol. The molecule has 0 fully saturated rings. The number of benzene rings is 2. The van der Waals surface area contributed by atoms with E-state index in [0.717, 1.165) is 11.1 Å². The Morgan fingerprint density at radius 1 is 1.04 bits per heavy atom. The number of carbonyl (C=O) groups is 2. The summed E-state index contributed by atoms with van der Waals surface area (Å²) < 4.78 is 5.40. The number of nitrogens with one attached hydrogen (secondary N) is 2. The highest BCUT2D eigenvalue weighted by molar-refractivity contribution is 6.43. The highest BCUT2D eigenvalue weighted by Crippen LogP contribution is 2.25. The van der Waals surface area contributed by atoms with Crippen LogP contribution in [0.5, 0.6) is 5.75 Å². The van der Waals surface area contributed by atoms with Gasteiger partial charge in [0.05, 0.1) is 15.6 Å². The van der Waals surface area contributed by atoms with Gasteiger partial charge in [-0.15, -0.1) is 0 Å². The highest BCUT2D eigenvalue weighted by Gasteiger charge is 2.13. The molecule has 0 atom stereocenters. The zero-order valence-corrected chi connectivity index (χ0v) is 14.7. The Labute approximate surface area is 149 Å². The first kappa shape index (κ1) is 18.1. The van der Waals surface area contributed by atoms with Gasteiger partial charge in [0, 0.05) is 0 Å². The number of rotatable bonds is 4. The van der Waals surface area contributed by atoms with Gasteiger partial charge in [-0.2, -0.15) is 0 Å². The molecular weight excluding hydrogens is 351 g/mol. The molecule has 2 aromatic carbocycles. The van der Waals surface area contributed by atoms with Crippen LogP contribution in [0, 0.1) is 13.8 Å². The Morgan fingerprint density at radius 2 is 1.71 bits per heavy atom. The van der Waals surface area contributed by atoms with Crippen molar-refractivity contribution in [3.05, 3.63) is 63.1 Å². The van der Waals surface area contributed by atoms with Gasteiger partial charge in [0.1, 0.15) is 5.75 Å². The van der Waals surface area contributed by atoms with Crippen LogP contribution in [-0.4, -0.2) is 18.4 Å². The molecule has 2 amide bonds. The lowest BCUT2D eigenvalue weighted by Gasteiger charge is -2.10. The van der Waals surface area contributed by atoms with Crippen LogP contribution in [0.1, 0.15) is 21.5 Å². The van der Waals surface area contributed by atoms with E-state index in [1.165, 1.54) is 6.07 Å². The minimum Gasteiger partial charge on any atom is -0.484 e. The maximum absolute atomic E-state index is 12.0. The van der Waals surface area contributed by atoms with Crippen molar-refractivity contribution in [3.63, 3.8) is 0 Å². The van der Waals surface area contributed by atoms with Crippen LogP contribution in [0.25, 0.3) is 0 Å². The van der Waals surface area contributed by atoms with E-state index in [9.17, 15) is 9.59 Å². The maximum atomic E-state index is 12.0. The van der Waals surface area contributed by atoms with Gasteiger partial charge >= 0.3 is 0 Å². The van der Waals surface area contributed by atoms with Crippen molar-refractivity contribution in [2.45, 2.75) is 13.8 Å². The van der Waals surface area contributed by atoms with E-state index in [4.69, 9.17) is 27.9 Å². The number of hydrogen-bond acceptors (Lipinski definition) is 3. The molecule has 0 aromatic heterocycles. The van der Waals surface area contributed by atoms with Gasteiger partial charge in [0.15, 0.2) is 6.61 Å². The lowest BCUT2D eigenvalue weighted by molar-refractivity contribution is -0.123. The summed E-state index contributed by atoms with van der Waals surface area (Å²) >= 11 is 11.8. The van der Waals surface area contributed by atoms with Crippen LogP contribution in [-0.2, 0) is 4.79 Å². The molecular formula is C17H16Cl2N2O3. The summed E-state index contributed by atoms with van der Waals surface area (Å²) in [6, 6.07) is 10.3. The largest absolute Gasteiger partial charge is 0.484 e. The summed E-state index contributed by atoms with van der Waals surface area (Å²) in [6.07, 6.45) is 0. The van der Waals surface area contributed by atoms with E-state index in [0.29, 0.717) is 5.75 Å². The molecule has 0 aliphatic heterocycles. The minimum atomic E-state index is -0.567. The summed E-state index contributed by atoms with van der Waals surface area (Å²) in [4.78, 5) is 23.7. The molecule has 0 bridgehead atoms. The molecule has 0 saturated heterocycles. The molecule has 126 valence electrons. The fraction of sp³-hybridized carbons (Fsp3) is 0.176. The Bertz CT molecular complexity index is 758. The fourth-order valence-corrected chi connectivity index (χ4v) is 2.46. The van der Waals surface area contributed by atoms with Crippen LogP contribution < -0.4 is 15.6 Å². The van der Waals surface area contributed by atoms with Crippen LogP contribution in [0.15, 0.2) is 36.4 Å². The van der Waals surface area contributed by atoms with Crippen molar-refractivity contribution in [3.8, 4) is 5.75 Å². The number of ether oxygens (including phenoxy) is 1. The molecule has 7 heteroatoms. The fourth-order valence-electron chi connectivity index (χ4n) is 2.07. The first-order valence-corrected chi connectivity index (χ1v) is 7.86. The smallest absolute Gasteiger partial charge is 0.276 e. The second kappa shape index (κ2) is 8.04. The first-order chi connectivity index (χ1) is 11.4. The van der Waals surface area contributed by atoms with E-state index in [2.05, 4.69) is 10.9 Å². The predicted molar refractivity (Wildman–Crippen MR) is 93.5 cm³/mol. The Kier molecular flexibility index (Phi) is 6.06. The molecule has 2 aromatic rings. The summed E-state index contributed by atoms with van der Waals surface area (Å²) in [5.74, 6) is -0.477. The number of hydrazine groups is 1. The molecule has 5 nitrogen and oxygen atoms in total. The van der Waals surface area contributed by atoms with Crippen LogP contribution >= 0.6 is 23.2 Å². The van der Waals surface area contributed by atoms with E-state index < -0.39 is 11.8 Å². The third-order valence-electron chi connectivity index (χ3n) is 3.08. The molecule has 0 spiro atoms. The van der Waals surface area contributed by atoms with Crippen molar-refractivity contribution in [2.24, 2.45) is 0 Å². The molecule has 0 heterocycles. The molecule has 0 radical (unpaired) electrons. The van der Waals surface area contributed by atoms with Crippen LogP contribution in [0.4, 0.5) is 0 Å². The number of carbonyl (C=O) groups excluding carboxylic acids is 2. The molecule has 0 aliphatic rings. The number of halogens is 2. The Balaban J connectivity index is 1.86. The highest BCUT2D eigenvalue weighted by atomic mass is 35.5. The normalized spacial score (nSPS) is 10.2. The number of hydrogen-bond donors (Lipinski definition) is 2. The molecule has 0 unspecified atom stereocenters. The summed E-state index contributed by atoms with van der Waals surface area (Å²) in [5.41, 5.74) is 6.77. The van der Waals surface area contributed by atoms with Gasteiger partial charge in [-0.25, -0.2) is 0 Å². The van der Waals surface area contributed by atoms with E-state index in [1.807, 2.05) is 32.0 Å². The lowest BCUT2D eigenvalue weighted by Crippen LogP contribution is -2.43. The van der Waals surface area contributed by atoms with Crippen molar-refractivity contribution in [2.75, 3.05) is 6.61 Å². The van der Waals surface area contributed by atoms with E-state index in [-0.39, 0.29) is 22.2 Å².